The molecule has 0 saturated heterocycles. The minimum absolute atomic E-state index is 0.178. The highest BCUT2D eigenvalue weighted by molar-refractivity contribution is 5.70. The van der Waals surface area contributed by atoms with Crippen molar-refractivity contribution in [2.75, 3.05) is 0 Å². The molecule has 2 aliphatic rings. The van der Waals surface area contributed by atoms with Crippen molar-refractivity contribution in [2.24, 2.45) is 18.9 Å². The molecule has 1 fully saturated rings. The Labute approximate surface area is 164 Å². The summed E-state index contributed by atoms with van der Waals surface area (Å²) in [6.45, 7) is 0.195. The Morgan fingerprint density at radius 2 is 2.03 bits per heavy atom. The van der Waals surface area contributed by atoms with Crippen molar-refractivity contribution in [1.82, 2.24) is 34.2 Å². The number of pyridine rings is 1. The van der Waals surface area contributed by atoms with Crippen LogP contribution in [0.5, 0.6) is 0 Å². The number of aromatic nitrogens is 7. The van der Waals surface area contributed by atoms with Gasteiger partial charge in [-0.3, -0.25) is 14.3 Å². The monoisotopic (exact) mass is 387 g/mol. The second-order valence-corrected chi connectivity index (χ2v) is 7.65. The standard InChI is InChI=1S/C20H17N7O2/c1-26-9-22-19-17(26)20(28)27(10-23-19)8-15-24-18(25-29-15)16-13-6-12(7-14(13)16)11-2-4-21-5-3-11/h2-6,9-10,13-14,16H,7-8H2,1H3/t13-,14+,16+/m1/s1. The summed E-state index contributed by atoms with van der Waals surface area (Å²) < 4.78 is 8.56. The molecule has 1 saturated carbocycles. The molecule has 0 unspecified atom stereocenters. The van der Waals surface area contributed by atoms with Crippen LogP contribution in [0.1, 0.15) is 29.6 Å². The van der Waals surface area contributed by atoms with Crippen LogP contribution in [0.25, 0.3) is 16.7 Å². The number of hydrogen-bond donors (Lipinski definition) is 0. The van der Waals surface area contributed by atoms with Crippen molar-refractivity contribution in [3.05, 3.63) is 70.9 Å². The lowest BCUT2D eigenvalue weighted by Crippen LogP contribution is -2.22. The highest BCUT2D eigenvalue weighted by atomic mass is 16.5. The van der Waals surface area contributed by atoms with Gasteiger partial charge in [0, 0.05) is 25.4 Å². The quantitative estimate of drug-likeness (QED) is 0.525. The molecule has 4 heterocycles. The van der Waals surface area contributed by atoms with E-state index in [2.05, 4.69) is 31.2 Å². The van der Waals surface area contributed by atoms with Crippen LogP contribution in [-0.4, -0.2) is 34.2 Å². The first-order valence-corrected chi connectivity index (χ1v) is 9.49. The van der Waals surface area contributed by atoms with Crippen LogP contribution >= 0.6 is 0 Å². The van der Waals surface area contributed by atoms with Gasteiger partial charge >= 0.3 is 0 Å². The van der Waals surface area contributed by atoms with Gasteiger partial charge in [-0.15, -0.1) is 0 Å². The average molecular weight is 387 g/mol. The summed E-state index contributed by atoms with van der Waals surface area (Å²) >= 11 is 0. The third-order valence-electron chi connectivity index (χ3n) is 5.92. The molecule has 4 aromatic rings. The lowest BCUT2D eigenvalue weighted by atomic mass is 10.0. The lowest BCUT2D eigenvalue weighted by Gasteiger charge is -2.04. The number of allylic oxidation sites excluding steroid dienone is 2. The summed E-state index contributed by atoms with van der Waals surface area (Å²) in [6.07, 6.45) is 10.0. The predicted molar refractivity (Wildman–Crippen MR) is 103 cm³/mol. The van der Waals surface area contributed by atoms with E-state index in [1.807, 2.05) is 24.5 Å². The Bertz CT molecular complexity index is 1320. The van der Waals surface area contributed by atoms with Crippen molar-refractivity contribution in [1.29, 1.82) is 0 Å². The van der Waals surface area contributed by atoms with Gasteiger partial charge in [0.05, 0.1) is 6.33 Å². The molecule has 0 aromatic carbocycles. The van der Waals surface area contributed by atoms with E-state index in [1.165, 1.54) is 22.0 Å². The molecule has 0 radical (unpaired) electrons. The predicted octanol–water partition coefficient (Wildman–Crippen LogP) is 1.77. The summed E-state index contributed by atoms with van der Waals surface area (Å²) in [5, 5.41) is 4.18. The van der Waals surface area contributed by atoms with Crippen LogP contribution < -0.4 is 5.56 Å². The molecule has 4 aromatic heterocycles. The zero-order valence-corrected chi connectivity index (χ0v) is 15.6. The molecule has 3 atom stereocenters. The van der Waals surface area contributed by atoms with Crippen molar-refractivity contribution < 1.29 is 4.52 Å². The average Bonchev–Trinajstić information content (AvgIpc) is 3.16. The van der Waals surface area contributed by atoms with Gasteiger partial charge in [-0.1, -0.05) is 11.2 Å². The summed E-state index contributed by atoms with van der Waals surface area (Å²) in [4.78, 5) is 29.6. The highest BCUT2D eigenvalue weighted by Gasteiger charge is 2.55. The van der Waals surface area contributed by atoms with E-state index in [0.29, 0.717) is 34.8 Å². The van der Waals surface area contributed by atoms with E-state index in [9.17, 15) is 4.79 Å². The molecular formula is C20H17N7O2. The van der Waals surface area contributed by atoms with Gasteiger partial charge < -0.3 is 9.09 Å². The van der Waals surface area contributed by atoms with Crippen LogP contribution in [0.2, 0.25) is 0 Å². The second kappa shape index (κ2) is 5.94. The van der Waals surface area contributed by atoms with Crippen LogP contribution in [0.3, 0.4) is 0 Å². The maximum absolute atomic E-state index is 12.7. The first-order valence-electron chi connectivity index (χ1n) is 9.49. The third-order valence-corrected chi connectivity index (χ3v) is 5.92. The highest BCUT2D eigenvalue weighted by Crippen LogP contribution is 2.62. The van der Waals surface area contributed by atoms with Gasteiger partial charge in [0.25, 0.3) is 5.56 Å². The normalized spacial score (nSPS) is 22.7. The maximum Gasteiger partial charge on any atom is 0.280 e. The van der Waals surface area contributed by atoms with Crippen LogP contribution in [0.4, 0.5) is 0 Å². The van der Waals surface area contributed by atoms with Gasteiger partial charge in [0.2, 0.25) is 5.89 Å². The first-order chi connectivity index (χ1) is 14.2. The molecule has 6 rings (SSSR count). The molecule has 0 aliphatic heterocycles. The van der Waals surface area contributed by atoms with Crippen LogP contribution in [-0.2, 0) is 13.6 Å². The van der Waals surface area contributed by atoms with Gasteiger partial charge in [0.1, 0.15) is 12.9 Å². The minimum atomic E-state index is -0.178. The largest absolute Gasteiger partial charge is 0.337 e. The molecule has 9 heteroatoms. The van der Waals surface area contributed by atoms with Gasteiger partial charge in [-0.25, -0.2) is 9.97 Å². The zero-order valence-electron chi connectivity index (χ0n) is 15.6. The summed E-state index contributed by atoms with van der Waals surface area (Å²) in [6, 6.07) is 4.09. The first kappa shape index (κ1) is 16.3. The van der Waals surface area contributed by atoms with Crippen LogP contribution in [0.15, 0.2) is 52.6 Å². The zero-order chi connectivity index (χ0) is 19.5. The van der Waals surface area contributed by atoms with Crippen LogP contribution in [0, 0.1) is 11.8 Å². The Hall–Kier alpha value is -3.62. The minimum Gasteiger partial charge on any atom is -0.337 e. The van der Waals surface area contributed by atoms with Gasteiger partial charge in [-0.05, 0) is 41.5 Å². The molecule has 0 bridgehead atoms. The van der Waals surface area contributed by atoms with Gasteiger partial charge in [0.15, 0.2) is 17.0 Å². The SMILES string of the molecule is Cn1cnc2ncn(Cc3nc([C@H]4[C@@H]5C=C(c6ccncc6)C[C@@H]54)no3)c(=O)c21. The van der Waals surface area contributed by atoms with Gasteiger partial charge in [-0.2, -0.15) is 4.98 Å². The fourth-order valence-electron chi connectivity index (χ4n) is 4.39. The number of hydrogen-bond acceptors (Lipinski definition) is 7. The molecule has 0 N–H and O–H groups in total. The lowest BCUT2D eigenvalue weighted by molar-refractivity contribution is 0.364. The molecule has 2 aliphatic carbocycles. The molecule has 0 amide bonds. The van der Waals surface area contributed by atoms with E-state index >= 15 is 0 Å². The topological polar surface area (TPSA) is 105 Å². The summed E-state index contributed by atoms with van der Waals surface area (Å²) in [5.74, 6) is 2.42. The Balaban J connectivity index is 1.22. The van der Waals surface area contributed by atoms with E-state index < -0.39 is 0 Å². The number of imidazole rings is 1. The number of nitrogens with zero attached hydrogens (tertiary/aromatic N) is 7. The molecule has 0 spiro atoms. The van der Waals surface area contributed by atoms with Crippen molar-refractivity contribution in [3.63, 3.8) is 0 Å². The third kappa shape index (κ3) is 2.54. The number of rotatable bonds is 4. The summed E-state index contributed by atoms with van der Waals surface area (Å²) in [5.41, 5.74) is 3.31. The van der Waals surface area contributed by atoms with E-state index in [0.717, 1.165) is 12.2 Å². The fourth-order valence-corrected chi connectivity index (χ4v) is 4.39. The maximum atomic E-state index is 12.7. The van der Waals surface area contributed by atoms with E-state index in [1.54, 1.807) is 17.9 Å². The Morgan fingerprint density at radius 1 is 1.21 bits per heavy atom. The van der Waals surface area contributed by atoms with E-state index in [4.69, 9.17) is 4.52 Å². The number of fused-ring (bicyclic) bond motifs is 2. The Morgan fingerprint density at radius 3 is 2.83 bits per heavy atom. The molecule has 29 heavy (non-hydrogen) atoms. The molecule has 144 valence electrons. The number of aryl methyl sites for hydroxylation is 1. The second-order valence-electron chi connectivity index (χ2n) is 7.65. The summed E-state index contributed by atoms with van der Waals surface area (Å²) in [7, 11) is 1.77. The van der Waals surface area contributed by atoms with Crippen molar-refractivity contribution in [2.45, 2.75) is 18.9 Å². The molecular weight excluding hydrogens is 370 g/mol. The van der Waals surface area contributed by atoms with Crippen molar-refractivity contribution in [3.8, 4) is 0 Å². The fraction of sp³-hybridized carbons (Fsp3) is 0.300. The molecule has 9 nitrogen and oxygen atoms in total. The smallest absolute Gasteiger partial charge is 0.280 e. The Kier molecular flexibility index (Phi) is 3.35. The van der Waals surface area contributed by atoms with Crippen molar-refractivity contribution >= 4 is 16.7 Å². The van der Waals surface area contributed by atoms with E-state index in [-0.39, 0.29) is 12.1 Å².